The fourth-order valence-corrected chi connectivity index (χ4v) is 1.62. The molecule has 1 aromatic heterocycles. The number of hydrogen-bond acceptors (Lipinski definition) is 5. The Morgan fingerprint density at radius 1 is 1.33 bits per heavy atom. The Morgan fingerprint density at radius 2 is 2.06 bits per heavy atom. The van der Waals surface area contributed by atoms with Crippen molar-refractivity contribution in [2.75, 3.05) is 30.9 Å². The molecule has 0 aliphatic carbocycles. The number of nitrogens with zero attached hydrogens (tertiary/aromatic N) is 2. The lowest BCUT2D eigenvalue weighted by molar-refractivity contribution is 0.191. The molecule has 1 rings (SSSR count). The Morgan fingerprint density at radius 3 is 2.72 bits per heavy atom. The second-order valence-corrected chi connectivity index (χ2v) is 4.45. The molecule has 0 aliphatic heterocycles. The summed E-state index contributed by atoms with van der Waals surface area (Å²) in [7, 11) is 1.72. The fourth-order valence-electron chi connectivity index (χ4n) is 1.62. The van der Waals surface area contributed by atoms with Crippen LogP contribution in [0.1, 0.15) is 32.3 Å². The first-order chi connectivity index (χ1) is 8.69. The van der Waals surface area contributed by atoms with Gasteiger partial charge in [0.05, 0.1) is 0 Å². The second kappa shape index (κ2) is 7.87. The van der Waals surface area contributed by atoms with Gasteiger partial charge in [-0.1, -0.05) is 6.92 Å². The zero-order chi connectivity index (χ0) is 13.4. The van der Waals surface area contributed by atoms with Gasteiger partial charge in [0.15, 0.2) is 0 Å². The van der Waals surface area contributed by atoms with Gasteiger partial charge >= 0.3 is 0 Å². The predicted molar refractivity (Wildman–Crippen MR) is 75.1 cm³/mol. The van der Waals surface area contributed by atoms with Crippen molar-refractivity contribution in [3.05, 3.63) is 11.9 Å². The minimum absolute atomic E-state index is 0.331. The fraction of sp³-hybridized carbons (Fsp3) is 0.692. The Hall–Kier alpha value is -1.36. The van der Waals surface area contributed by atoms with Gasteiger partial charge in [0.2, 0.25) is 0 Å². The molecule has 0 radical (unpaired) electrons. The maximum atomic E-state index is 5.07. The standard InChI is InChI=1S/C13H24N4O/c1-5-7-14-12-11(3)13(16-9-15-12)17-10(2)6-8-18-4/h9-10H,5-8H2,1-4H3,(H2,14,15,16,17). The van der Waals surface area contributed by atoms with Crippen LogP contribution in [0.2, 0.25) is 0 Å². The van der Waals surface area contributed by atoms with E-state index in [1.807, 2.05) is 6.92 Å². The molecule has 18 heavy (non-hydrogen) atoms. The van der Waals surface area contributed by atoms with Crippen molar-refractivity contribution in [1.29, 1.82) is 0 Å². The Labute approximate surface area is 109 Å². The van der Waals surface area contributed by atoms with E-state index in [0.29, 0.717) is 6.04 Å². The van der Waals surface area contributed by atoms with E-state index in [1.54, 1.807) is 13.4 Å². The van der Waals surface area contributed by atoms with Crippen LogP contribution in [0.3, 0.4) is 0 Å². The van der Waals surface area contributed by atoms with Gasteiger partial charge in [-0.2, -0.15) is 0 Å². The first kappa shape index (κ1) is 14.7. The zero-order valence-electron chi connectivity index (χ0n) is 11.8. The number of aromatic nitrogens is 2. The van der Waals surface area contributed by atoms with Crippen LogP contribution in [0.15, 0.2) is 6.33 Å². The van der Waals surface area contributed by atoms with E-state index in [9.17, 15) is 0 Å². The number of rotatable bonds is 8. The van der Waals surface area contributed by atoms with E-state index < -0.39 is 0 Å². The molecule has 0 amide bonds. The quantitative estimate of drug-likeness (QED) is 0.744. The smallest absolute Gasteiger partial charge is 0.134 e. The summed E-state index contributed by atoms with van der Waals surface area (Å²) < 4.78 is 5.07. The highest BCUT2D eigenvalue weighted by atomic mass is 16.5. The molecule has 102 valence electrons. The van der Waals surface area contributed by atoms with E-state index in [0.717, 1.165) is 43.2 Å². The maximum absolute atomic E-state index is 5.07. The van der Waals surface area contributed by atoms with Crippen molar-refractivity contribution in [1.82, 2.24) is 9.97 Å². The molecule has 0 saturated heterocycles. The van der Waals surface area contributed by atoms with Crippen LogP contribution in [0.25, 0.3) is 0 Å². The van der Waals surface area contributed by atoms with Crippen LogP contribution in [0, 0.1) is 6.92 Å². The van der Waals surface area contributed by atoms with Gasteiger partial charge in [-0.3, -0.25) is 0 Å². The first-order valence-electron chi connectivity index (χ1n) is 6.50. The van der Waals surface area contributed by atoms with Crippen molar-refractivity contribution >= 4 is 11.6 Å². The van der Waals surface area contributed by atoms with Crippen LogP contribution in [-0.4, -0.2) is 36.3 Å². The van der Waals surface area contributed by atoms with Gasteiger partial charge in [0, 0.05) is 31.9 Å². The summed E-state index contributed by atoms with van der Waals surface area (Å²) in [6.07, 6.45) is 3.63. The monoisotopic (exact) mass is 252 g/mol. The second-order valence-electron chi connectivity index (χ2n) is 4.45. The third-order valence-corrected chi connectivity index (χ3v) is 2.76. The Bertz CT molecular complexity index is 357. The molecule has 0 aliphatic rings. The third kappa shape index (κ3) is 4.49. The van der Waals surface area contributed by atoms with E-state index in [2.05, 4.69) is 34.4 Å². The summed E-state index contributed by atoms with van der Waals surface area (Å²) in [6, 6.07) is 0.331. The average Bonchev–Trinajstić information content (AvgIpc) is 2.37. The van der Waals surface area contributed by atoms with Crippen molar-refractivity contribution in [2.45, 2.75) is 39.7 Å². The summed E-state index contributed by atoms with van der Waals surface area (Å²) in [5.74, 6) is 1.81. The first-order valence-corrected chi connectivity index (χ1v) is 6.50. The molecule has 0 bridgehead atoms. The minimum atomic E-state index is 0.331. The minimum Gasteiger partial charge on any atom is -0.385 e. The highest BCUT2D eigenvalue weighted by molar-refractivity contribution is 5.56. The summed E-state index contributed by atoms with van der Waals surface area (Å²) in [5, 5.41) is 6.69. The van der Waals surface area contributed by atoms with Crippen LogP contribution in [0.5, 0.6) is 0 Å². The van der Waals surface area contributed by atoms with E-state index in [-0.39, 0.29) is 0 Å². The molecule has 1 aromatic rings. The number of anilines is 2. The molecule has 2 N–H and O–H groups in total. The highest BCUT2D eigenvalue weighted by Crippen LogP contribution is 2.19. The Kier molecular flexibility index (Phi) is 6.43. The number of nitrogens with one attached hydrogen (secondary N) is 2. The average molecular weight is 252 g/mol. The molecule has 0 spiro atoms. The molecule has 1 unspecified atom stereocenters. The van der Waals surface area contributed by atoms with Gasteiger partial charge < -0.3 is 15.4 Å². The zero-order valence-corrected chi connectivity index (χ0v) is 11.8. The normalized spacial score (nSPS) is 12.2. The molecule has 1 atom stereocenters. The van der Waals surface area contributed by atoms with E-state index >= 15 is 0 Å². The SMILES string of the molecule is CCCNc1ncnc(NC(C)CCOC)c1C. The van der Waals surface area contributed by atoms with Gasteiger partial charge in [0.25, 0.3) is 0 Å². The lowest BCUT2D eigenvalue weighted by atomic mass is 10.2. The molecule has 0 aromatic carbocycles. The topological polar surface area (TPSA) is 59.1 Å². The molecule has 0 saturated carbocycles. The molecular formula is C13H24N4O. The Balaban J connectivity index is 2.64. The van der Waals surface area contributed by atoms with Crippen molar-refractivity contribution < 1.29 is 4.74 Å². The van der Waals surface area contributed by atoms with E-state index in [4.69, 9.17) is 4.74 Å². The lowest BCUT2D eigenvalue weighted by Crippen LogP contribution is -2.19. The van der Waals surface area contributed by atoms with Crippen LogP contribution >= 0.6 is 0 Å². The molecule has 0 fully saturated rings. The molecular weight excluding hydrogens is 228 g/mol. The largest absolute Gasteiger partial charge is 0.385 e. The summed E-state index contributed by atoms with van der Waals surface area (Å²) in [5.41, 5.74) is 1.07. The van der Waals surface area contributed by atoms with Gasteiger partial charge in [-0.15, -0.1) is 0 Å². The van der Waals surface area contributed by atoms with Crippen LogP contribution in [-0.2, 0) is 4.74 Å². The van der Waals surface area contributed by atoms with Crippen LogP contribution in [0.4, 0.5) is 11.6 Å². The van der Waals surface area contributed by atoms with Crippen molar-refractivity contribution in [2.24, 2.45) is 0 Å². The predicted octanol–water partition coefficient (Wildman–Crippen LogP) is 2.44. The van der Waals surface area contributed by atoms with Gasteiger partial charge in [-0.25, -0.2) is 9.97 Å². The summed E-state index contributed by atoms with van der Waals surface area (Å²) >= 11 is 0. The molecule has 1 heterocycles. The molecule has 5 nitrogen and oxygen atoms in total. The van der Waals surface area contributed by atoms with E-state index in [1.165, 1.54) is 0 Å². The third-order valence-electron chi connectivity index (χ3n) is 2.76. The van der Waals surface area contributed by atoms with Crippen molar-refractivity contribution in [3.8, 4) is 0 Å². The number of ether oxygens (including phenoxy) is 1. The highest BCUT2D eigenvalue weighted by Gasteiger charge is 2.09. The lowest BCUT2D eigenvalue weighted by Gasteiger charge is -2.17. The van der Waals surface area contributed by atoms with Crippen molar-refractivity contribution in [3.63, 3.8) is 0 Å². The molecule has 5 heteroatoms. The number of hydrogen-bond donors (Lipinski definition) is 2. The summed E-state index contributed by atoms with van der Waals surface area (Å²) in [6.45, 7) is 7.97. The maximum Gasteiger partial charge on any atom is 0.134 e. The van der Waals surface area contributed by atoms with Gasteiger partial charge in [0.1, 0.15) is 18.0 Å². The van der Waals surface area contributed by atoms with Gasteiger partial charge in [-0.05, 0) is 26.7 Å². The number of methoxy groups -OCH3 is 1. The van der Waals surface area contributed by atoms with Crippen LogP contribution < -0.4 is 10.6 Å². The summed E-state index contributed by atoms with van der Waals surface area (Å²) in [4.78, 5) is 8.55.